The fraction of sp³-hybridized carbons (Fsp3) is 0.222. The van der Waals surface area contributed by atoms with Crippen molar-refractivity contribution in [3.8, 4) is 5.75 Å². The van der Waals surface area contributed by atoms with Gasteiger partial charge in [0.15, 0.2) is 5.75 Å². The summed E-state index contributed by atoms with van der Waals surface area (Å²) in [5.41, 5.74) is -0.323. The largest absolute Gasteiger partial charge is 0.512 e. The van der Waals surface area contributed by atoms with Crippen molar-refractivity contribution in [3.05, 3.63) is 48.9 Å². The van der Waals surface area contributed by atoms with Gasteiger partial charge in [0.25, 0.3) is 0 Å². The molecule has 8 nitrogen and oxygen atoms in total. The summed E-state index contributed by atoms with van der Waals surface area (Å²) in [5, 5.41) is 10.2. The lowest BCUT2D eigenvalue weighted by molar-refractivity contribution is 0.0602. The zero-order valence-corrected chi connectivity index (χ0v) is 14.6. The van der Waals surface area contributed by atoms with Gasteiger partial charge in [-0.2, -0.15) is 0 Å². The molecule has 26 heavy (non-hydrogen) atoms. The maximum absolute atomic E-state index is 12.6. The summed E-state index contributed by atoms with van der Waals surface area (Å²) in [4.78, 5) is 44.3. The van der Waals surface area contributed by atoms with Crippen LogP contribution in [0.15, 0.2) is 21.7 Å². The molecule has 134 valence electrons. The number of aliphatic hydroxyl groups is 1. The van der Waals surface area contributed by atoms with Gasteiger partial charge in [0.1, 0.15) is 16.6 Å². The number of hydrogen-bond donors (Lipinski definition) is 2. The molecule has 0 amide bonds. The van der Waals surface area contributed by atoms with Gasteiger partial charge < -0.3 is 19.6 Å². The van der Waals surface area contributed by atoms with Crippen LogP contribution in [0.3, 0.4) is 0 Å². The van der Waals surface area contributed by atoms with Crippen LogP contribution in [0.2, 0.25) is 0 Å². The van der Waals surface area contributed by atoms with Gasteiger partial charge in [-0.1, -0.05) is 0 Å². The number of hydrogen-bond acceptors (Lipinski definition) is 7. The third-order valence-electron chi connectivity index (χ3n) is 4.15. The third kappa shape index (κ3) is 2.46. The second kappa shape index (κ2) is 6.14. The Hall–Kier alpha value is -3.42. The van der Waals surface area contributed by atoms with Crippen LogP contribution in [0.25, 0.3) is 27.8 Å². The van der Waals surface area contributed by atoms with E-state index in [4.69, 9.17) is 9.47 Å². The first-order valence-corrected chi connectivity index (χ1v) is 7.66. The molecule has 8 heteroatoms. The Bertz CT molecular complexity index is 1240. The number of rotatable bonds is 2. The Morgan fingerprint density at radius 2 is 1.81 bits per heavy atom. The van der Waals surface area contributed by atoms with Crippen molar-refractivity contribution in [1.82, 2.24) is 9.97 Å². The van der Waals surface area contributed by atoms with Crippen LogP contribution in [-0.4, -0.2) is 35.3 Å². The van der Waals surface area contributed by atoms with Crippen LogP contribution in [0.4, 0.5) is 0 Å². The van der Waals surface area contributed by atoms with E-state index in [2.05, 4.69) is 9.97 Å². The standard InChI is InChI=1S/C18H16N2O6/c1-7-5-10(18(24)26-4)13-14(16(7)22)19-12-9(8(2)21)6-11(25-3)17(23)15(12)20-13/h5-6,20-21H,1-4H3. The van der Waals surface area contributed by atoms with E-state index in [0.717, 1.165) is 0 Å². The summed E-state index contributed by atoms with van der Waals surface area (Å²) >= 11 is 0. The fourth-order valence-electron chi connectivity index (χ4n) is 2.81. The minimum absolute atomic E-state index is 0.00706. The molecular weight excluding hydrogens is 340 g/mol. The highest BCUT2D eigenvalue weighted by Gasteiger charge is 2.19. The summed E-state index contributed by atoms with van der Waals surface area (Å²) < 4.78 is 9.81. The quantitative estimate of drug-likeness (QED) is 0.518. The number of aryl methyl sites for hydroxylation is 1. The van der Waals surface area contributed by atoms with E-state index < -0.39 is 16.8 Å². The molecule has 2 aromatic carbocycles. The average molecular weight is 356 g/mol. The number of aliphatic hydroxyl groups excluding tert-OH is 1. The normalized spacial score (nSPS) is 12.3. The van der Waals surface area contributed by atoms with Gasteiger partial charge in [-0.15, -0.1) is 0 Å². The van der Waals surface area contributed by atoms with E-state index in [1.54, 1.807) is 6.92 Å². The molecule has 0 saturated carbocycles. The number of carbonyl (C=O) groups is 1. The molecule has 1 heterocycles. The van der Waals surface area contributed by atoms with Gasteiger partial charge in [-0.25, -0.2) is 9.78 Å². The average Bonchev–Trinajstić information content (AvgIpc) is 2.63. The SMILES string of the molecule is COC(=O)c1cc(C)c(=O)c2nc3c(=C(C)O)cc(OC)c(=O)c3[nH]c12. The molecule has 3 aromatic rings. The molecule has 2 N–H and O–H groups in total. The van der Waals surface area contributed by atoms with Crippen molar-refractivity contribution < 1.29 is 19.4 Å². The van der Waals surface area contributed by atoms with Crippen molar-refractivity contribution in [2.75, 3.05) is 14.2 Å². The molecule has 0 aliphatic heterocycles. The van der Waals surface area contributed by atoms with Gasteiger partial charge in [0.2, 0.25) is 10.9 Å². The Morgan fingerprint density at radius 3 is 2.38 bits per heavy atom. The Morgan fingerprint density at radius 1 is 1.12 bits per heavy atom. The van der Waals surface area contributed by atoms with Crippen molar-refractivity contribution in [3.63, 3.8) is 0 Å². The molecule has 0 radical (unpaired) electrons. The Balaban J connectivity index is 2.68. The third-order valence-corrected chi connectivity index (χ3v) is 4.15. The van der Waals surface area contributed by atoms with Gasteiger partial charge in [-0.05, 0) is 31.5 Å². The molecule has 3 rings (SSSR count). The molecule has 0 aliphatic rings. The lowest BCUT2D eigenvalue weighted by Gasteiger charge is -2.09. The van der Waals surface area contributed by atoms with Crippen molar-refractivity contribution in [2.45, 2.75) is 13.8 Å². The minimum Gasteiger partial charge on any atom is -0.512 e. The first kappa shape index (κ1) is 17.4. The molecular formula is C18H16N2O6. The highest BCUT2D eigenvalue weighted by molar-refractivity contribution is 6.03. The van der Waals surface area contributed by atoms with Gasteiger partial charge >= 0.3 is 5.97 Å². The van der Waals surface area contributed by atoms with Crippen molar-refractivity contribution >= 4 is 33.8 Å². The van der Waals surface area contributed by atoms with Crippen molar-refractivity contribution in [2.24, 2.45) is 0 Å². The number of H-pyrrole nitrogens is 1. The highest BCUT2D eigenvalue weighted by Crippen LogP contribution is 2.18. The van der Waals surface area contributed by atoms with Crippen LogP contribution in [0.5, 0.6) is 5.75 Å². The molecule has 0 atom stereocenters. The lowest BCUT2D eigenvalue weighted by atomic mass is 10.1. The fourth-order valence-corrected chi connectivity index (χ4v) is 2.81. The van der Waals surface area contributed by atoms with Crippen molar-refractivity contribution in [1.29, 1.82) is 0 Å². The second-order valence-electron chi connectivity index (χ2n) is 5.79. The number of aromatic nitrogens is 2. The van der Waals surface area contributed by atoms with E-state index in [0.29, 0.717) is 5.56 Å². The van der Waals surface area contributed by atoms with Crippen LogP contribution in [0, 0.1) is 6.92 Å². The van der Waals surface area contributed by atoms with Crippen LogP contribution >= 0.6 is 0 Å². The molecule has 0 fully saturated rings. The maximum atomic E-state index is 12.6. The molecule has 0 unspecified atom stereocenters. The van der Waals surface area contributed by atoms with Crippen LogP contribution in [-0.2, 0) is 4.74 Å². The van der Waals surface area contributed by atoms with E-state index in [1.807, 2.05) is 0 Å². The van der Waals surface area contributed by atoms with Crippen LogP contribution < -0.4 is 20.8 Å². The van der Waals surface area contributed by atoms with Crippen LogP contribution in [0.1, 0.15) is 22.8 Å². The first-order chi connectivity index (χ1) is 12.3. The smallest absolute Gasteiger partial charge is 0.340 e. The highest BCUT2D eigenvalue weighted by atomic mass is 16.5. The number of fused-ring (bicyclic) bond motifs is 2. The number of aromatic amines is 1. The first-order valence-electron chi connectivity index (χ1n) is 7.66. The number of benzene rings is 2. The number of methoxy groups -OCH3 is 2. The predicted molar refractivity (Wildman–Crippen MR) is 95.7 cm³/mol. The maximum Gasteiger partial charge on any atom is 0.340 e. The summed E-state index contributed by atoms with van der Waals surface area (Å²) in [6.45, 7) is 2.98. The number of nitrogens with zero attached hydrogens (tertiary/aromatic N) is 1. The van der Waals surface area contributed by atoms with E-state index >= 15 is 0 Å². The lowest BCUT2D eigenvalue weighted by Crippen LogP contribution is -2.21. The predicted octanol–water partition coefficient (Wildman–Crippen LogP) is 0.945. The summed E-state index contributed by atoms with van der Waals surface area (Å²) in [7, 11) is 2.54. The van der Waals surface area contributed by atoms with Gasteiger partial charge in [-0.3, -0.25) is 9.59 Å². The molecule has 0 saturated heterocycles. The zero-order chi connectivity index (χ0) is 19.2. The second-order valence-corrected chi connectivity index (χ2v) is 5.79. The van der Waals surface area contributed by atoms with Gasteiger partial charge in [0, 0.05) is 5.22 Å². The molecule has 1 aromatic heterocycles. The summed E-state index contributed by atoms with van der Waals surface area (Å²) in [5.74, 6) is -0.773. The van der Waals surface area contributed by atoms with E-state index in [9.17, 15) is 19.5 Å². The van der Waals surface area contributed by atoms with E-state index in [1.165, 1.54) is 33.3 Å². The zero-order valence-electron chi connectivity index (χ0n) is 14.6. The Labute approximate surface area is 146 Å². The molecule has 0 bridgehead atoms. The number of nitrogens with one attached hydrogen (secondary N) is 1. The molecule has 0 spiro atoms. The van der Waals surface area contributed by atoms with E-state index in [-0.39, 0.29) is 44.4 Å². The molecule has 0 aliphatic carbocycles. The number of ether oxygens (including phenoxy) is 2. The summed E-state index contributed by atoms with van der Waals surface area (Å²) in [6, 6.07) is 2.74. The Kier molecular flexibility index (Phi) is 4.11. The number of carbonyl (C=O) groups excluding carboxylic acids is 1. The minimum atomic E-state index is -0.670. The number of esters is 1. The topological polar surface area (TPSA) is 119 Å². The monoisotopic (exact) mass is 356 g/mol. The van der Waals surface area contributed by atoms with Gasteiger partial charge in [0.05, 0.1) is 31.1 Å². The summed E-state index contributed by atoms with van der Waals surface area (Å²) in [6.07, 6.45) is 0.